The van der Waals surface area contributed by atoms with E-state index in [1.54, 1.807) is 54.6 Å². The molecular weight excluding hydrogens is 394 g/mol. The van der Waals surface area contributed by atoms with Gasteiger partial charge in [0.1, 0.15) is 19.3 Å². The number of benzene rings is 2. The Morgan fingerprint density at radius 3 is 1.85 bits per heavy atom. The van der Waals surface area contributed by atoms with E-state index in [2.05, 4.69) is 5.32 Å². The Bertz CT molecular complexity index is 858. The summed E-state index contributed by atoms with van der Waals surface area (Å²) in [6, 6.07) is 16.2. The number of alkyl carbamates (subject to hydrolysis) is 1. The first-order chi connectivity index (χ1) is 12.8. The molecule has 27 heavy (non-hydrogen) atoms. The SMILES string of the molecule is O=C(N[C@H](CS(=O)(=O)Cl)C(=O)OCc1ccccc1)OCc1ccccc1. The number of halogens is 1. The molecule has 0 fully saturated rings. The van der Waals surface area contributed by atoms with Crippen molar-refractivity contribution in [2.45, 2.75) is 19.3 Å². The van der Waals surface area contributed by atoms with Crippen LogP contribution in [0.3, 0.4) is 0 Å². The highest BCUT2D eigenvalue weighted by Crippen LogP contribution is 2.07. The van der Waals surface area contributed by atoms with Gasteiger partial charge in [-0.3, -0.25) is 0 Å². The van der Waals surface area contributed by atoms with Crippen molar-refractivity contribution in [3.8, 4) is 0 Å². The zero-order chi connectivity index (χ0) is 19.7. The van der Waals surface area contributed by atoms with E-state index in [4.69, 9.17) is 20.2 Å². The van der Waals surface area contributed by atoms with Gasteiger partial charge in [-0.25, -0.2) is 18.0 Å². The lowest BCUT2D eigenvalue weighted by Gasteiger charge is -2.16. The fourth-order valence-corrected chi connectivity index (χ4v) is 3.10. The number of rotatable bonds is 8. The molecule has 0 saturated carbocycles. The number of nitrogens with one attached hydrogen (secondary N) is 1. The molecule has 0 aliphatic rings. The lowest BCUT2D eigenvalue weighted by atomic mass is 10.2. The van der Waals surface area contributed by atoms with Gasteiger partial charge in [0.15, 0.2) is 0 Å². The number of hydrogen-bond donors (Lipinski definition) is 1. The molecule has 9 heteroatoms. The van der Waals surface area contributed by atoms with Crippen molar-refractivity contribution < 1.29 is 27.5 Å². The topological polar surface area (TPSA) is 98.8 Å². The van der Waals surface area contributed by atoms with Gasteiger partial charge >= 0.3 is 12.1 Å². The Hall–Kier alpha value is -2.58. The third-order valence-corrected chi connectivity index (χ3v) is 4.49. The van der Waals surface area contributed by atoms with Crippen molar-refractivity contribution in [2.75, 3.05) is 5.75 Å². The van der Waals surface area contributed by atoms with Crippen molar-refractivity contribution in [3.63, 3.8) is 0 Å². The Kier molecular flexibility index (Phi) is 7.63. The summed E-state index contributed by atoms with van der Waals surface area (Å²) < 4.78 is 32.8. The molecular formula is C18H18ClNO6S. The van der Waals surface area contributed by atoms with Gasteiger partial charge < -0.3 is 14.8 Å². The summed E-state index contributed by atoms with van der Waals surface area (Å²) in [4.78, 5) is 24.1. The van der Waals surface area contributed by atoms with Crippen molar-refractivity contribution in [2.24, 2.45) is 0 Å². The smallest absolute Gasteiger partial charge is 0.408 e. The Labute approximate surface area is 161 Å². The van der Waals surface area contributed by atoms with Gasteiger partial charge in [-0.2, -0.15) is 0 Å². The Balaban J connectivity index is 1.93. The van der Waals surface area contributed by atoms with Crippen LogP contribution in [0.5, 0.6) is 0 Å². The number of amides is 1. The molecule has 2 rings (SSSR count). The molecule has 144 valence electrons. The molecule has 0 saturated heterocycles. The minimum absolute atomic E-state index is 0.0356. The van der Waals surface area contributed by atoms with Crippen molar-refractivity contribution in [3.05, 3.63) is 71.8 Å². The van der Waals surface area contributed by atoms with Crippen LogP contribution in [-0.4, -0.2) is 32.3 Å². The number of esters is 1. The minimum Gasteiger partial charge on any atom is -0.459 e. The largest absolute Gasteiger partial charge is 0.459 e. The van der Waals surface area contributed by atoms with Gasteiger partial charge in [-0.15, -0.1) is 0 Å². The summed E-state index contributed by atoms with van der Waals surface area (Å²) in [6.07, 6.45) is -0.958. The lowest BCUT2D eigenvalue weighted by Crippen LogP contribution is -2.45. The monoisotopic (exact) mass is 411 g/mol. The standard InChI is InChI=1S/C18H18ClNO6S/c19-27(23,24)13-16(17(21)25-11-14-7-3-1-4-8-14)20-18(22)26-12-15-9-5-2-6-10-15/h1-10,16H,11-13H2,(H,20,22)/t16-/m1/s1. The van der Waals surface area contributed by atoms with Crippen molar-refractivity contribution >= 4 is 31.8 Å². The highest BCUT2D eigenvalue weighted by Gasteiger charge is 2.28. The molecule has 1 amide bonds. The quantitative estimate of drug-likeness (QED) is 0.529. The van der Waals surface area contributed by atoms with Gasteiger partial charge in [-0.1, -0.05) is 60.7 Å². The van der Waals surface area contributed by atoms with E-state index in [0.29, 0.717) is 5.56 Å². The van der Waals surface area contributed by atoms with Gasteiger partial charge in [0.05, 0.1) is 5.75 Å². The van der Waals surface area contributed by atoms with Crippen molar-refractivity contribution in [1.29, 1.82) is 0 Å². The third-order valence-electron chi connectivity index (χ3n) is 3.38. The molecule has 1 N–H and O–H groups in total. The maximum Gasteiger partial charge on any atom is 0.408 e. The molecule has 0 spiro atoms. The van der Waals surface area contributed by atoms with Gasteiger partial charge in [0.2, 0.25) is 9.05 Å². The Morgan fingerprint density at radius 2 is 1.37 bits per heavy atom. The minimum atomic E-state index is -4.06. The van der Waals surface area contributed by atoms with Crippen LogP contribution < -0.4 is 5.32 Å². The molecule has 0 aliphatic carbocycles. The van der Waals surface area contributed by atoms with Crippen LogP contribution in [0.25, 0.3) is 0 Å². The summed E-state index contributed by atoms with van der Waals surface area (Å²) in [7, 11) is 1.15. The summed E-state index contributed by atoms with van der Waals surface area (Å²) in [5.41, 5.74) is 1.45. The molecule has 7 nitrogen and oxygen atoms in total. The average molecular weight is 412 g/mol. The van der Waals surface area contributed by atoms with E-state index in [1.165, 1.54) is 0 Å². The molecule has 1 atom stereocenters. The van der Waals surface area contributed by atoms with Crippen LogP contribution in [0.2, 0.25) is 0 Å². The highest BCUT2D eigenvalue weighted by atomic mass is 35.7. The third kappa shape index (κ3) is 8.10. The molecule has 2 aromatic rings. The van der Waals surface area contributed by atoms with E-state index < -0.39 is 32.9 Å². The second-order valence-corrected chi connectivity index (χ2v) is 8.38. The maximum atomic E-state index is 12.2. The first-order valence-electron chi connectivity index (χ1n) is 7.93. The Morgan fingerprint density at radius 1 is 0.889 bits per heavy atom. The van der Waals surface area contributed by atoms with Crippen LogP contribution in [0, 0.1) is 0 Å². The second-order valence-electron chi connectivity index (χ2n) is 5.56. The lowest BCUT2D eigenvalue weighted by molar-refractivity contribution is -0.146. The van der Waals surface area contributed by atoms with Crippen molar-refractivity contribution in [1.82, 2.24) is 5.32 Å². The normalized spacial score (nSPS) is 12.0. The predicted octanol–water partition coefficient (Wildman–Crippen LogP) is 2.59. The van der Waals surface area contributed by atoms with Crippen LogP contribution in [0.1, 0.15) is 11.1 Å². The summed E-state index contributed by atoms with van der Waals surface area (Å²) in [5.74, 6) is -1.75. The number of carbonyl (C=O) groups excluding carboxylic acids is 2. The van der Waals surface area contributed by atoms with E-state index in [1.807, 2.05) is 6.07 Å². The summed E-state index contributed by atoms with van der Waals surface area (Å²) in [5, 5.41) is 2.18. The predicted molar refractivity (Wildman–Crippen MR) is 99.4 cm³/mol. The van der Waals surface area contributed by atoms with Crippen LogP contribution in [-0.2, 0) is 36.5 Å². The van der Waals surface area contributed by atoms with Crippen LogP contribution >= 0.6 is 10.7 Å². The zero-order valence-corrected chi connectivity index (χ0v) is 15.8. The van der Waals surface area contributed by atoms with Gasteiger partial charge in [-0.05, 0) is 11.1 Å². The molecule has 0 unspecified atom stereocenters. The number of carbonyl (C=O) groups is 2. The molecule has 0 aromatic heterocycles. The van der Waals surface area contributed by atoms with Crippen LogP contribution in [0.4, 0.5) is 4.79 Å². The maximum absolute atomic E-state index is 12.2. The molecule has 2 aromatic carbocycles. The number of ether oxygens (including phenoxy) is 2. The second kappa shape index (κ2) is 9.94. The summed E-state index contributed by atoms with van der Waals surface area (Å²) in [6.45, 7) is -0.106. The van der Waals surface area contributed by atoms with E-state index in [0.717, 1.165) is 5.56 Å². The zero-order valence-electron chi connectivity index (χ0n) is 14.2. The first-order valence-corrected chi connectivity index (χ1v) is 10.4. The fourth-order valence-electron chi connectivity index (χ4n) is 2.10. The fraction of sp³-hybridized carbons (Fsp3) is 0.222. The molecule has 0 aliphatic heterocycles. The average Bonchev–Trinajstić information content (AvgIpc) is 2.64. The molecule has 0 radical (unpaired) electrons. The van der Waals surface area contributed by atoms with E-state index in [9.17, 15) is 18.0 Å². The number of hydrogen-bond acceptors (Lipinski definition) is 6. The van der Waals surface area contributed by atoms with E-state index in [-0.39, 0.29) is 13.2 Å². The highest BCUT2D eigenvalue weighted by molar-refractivity contribution is 8.13. The molecule has 0 bridgehead atoms. The van der Waals surface area contributed by atoms with E-state index >= 15 is 0 Å². The van der Waals surface area contributed by atoms with Gasteiger partial charge in [0.25, 0.3) is 0 Å². The summed E-state index contributed by atoms with van der Waals surface area (Å²) >= 11 is 0. The van der Waals surface area contributed by atoms with Gasteiger partial charge in [0, 0.05) is 10.7 Å². The first kappa shape index (κ1) is 20.7. The van der Waals surface area contributed by atoms with Crippen LogP contribution in [0.15, 0.2) is 60.7 Å². The molecule has 0 heterocycles.